The van der Waals surface area contributed by atoms with Gasteiger partial charge in [-0.05, 0) is 43.2 Å². The molecule has 7 nitrogen and oxygen atoms in total. The van der Waals surface area contributed by atoms with Crippen molar-refractivity contribution in [2.45, 2.75) is 29.9 Å². The van der Waals surface area contributed by atoms with Crippen LogP contribution in [0.25, 0.3) is 10.2 Å². The summed E-state index contributed by atoms with van der Waals surface area (Å²) in [4.78, 5) is 16.1. The fourth-order valence-corrected chi connectivity index (χ4v) is 8.12. The van der Waals surface area contributed by atoms with E-state index in [4.69, 9.17) is 0 Å². The van der Waals surface area contributed by atoms with Gasteiger partial charge in [0.05, 0.1) is 16.0 Å². The Balaban J connectivity index is 1.18. The molecule has 3 fully saturated rings. The van der Waals surface area contributed by atoms with Crippen molar-refractivity contribution < 1.29 is 21.6 Å². The molecule has 1 unspecified atom stereocenters. The normalized spacial score (nSPS) is 26.6. The van der Waals surface area contributed by atoms with Crippen molar-refractivity contribution in [1.29, 1.82) is 0 Å². The van der Waals surface area contributed by atoms with Crippen LogP contribution < -0.4 is 9.80 Å². The van der Waals surface area contributed by atoms with Crippen LogP contribution in [0.2, 0.25) is 0 Å². The molecule has 3 aliphatic rings. The van der Waals surface area contributed by atoms with Crippen LogP contribution >= 0.6 is 11.3 Å². The lowest BCUT2D eigenvalue weighted by atomic mass is 10.1. The van der Waals surface area contributed by atoms with Gasteiger partial charge in [0.2, 0.25) is 20.1 Å². The monoisotopic (exact) mass is 509 g/mol. The largest absolute Gasteiger partial charge is 0.433 e. The van der Waals surface area contributed by atoms with E-state index in [0.717, 1.165) is 17.2 Å². The van der Waals surface area contributed by atoms with Gasteiger partial charge in [0.1, 0.15) is 5.82 Å². The maximum atomic E-state index is 13.5. The van der Waals surface area contributed by atoms with Gasteiger partial charge < -0.3 is 9.80 Å². The number of rotatable bonds is 5. The predicted octanol–water partition coefficient (Wildman–Crippen LogP) is 3.86. The van der Waals surface area contributed by atoms with Crippen LogP contribution in [0.5, 0.6) is 0 Å². The second-order valence-corrected chi connectivity index (χ2v) is 12.6. The van der Waals surface area contributed by atoms with E-state index in [1.165, 1.54) is 11.3 Å². The molecule has 1 aliphatic carbocycles. The summed E-state index contributed by atoms with van der Waals surface area (Å²) in [6, 6.07) is 8.43. The van der Waals surface area contributed by atoms with Gasteiger partial charge in [-0.3, -0.25) is 0 Å². The number of thiazole rings is 1. The third kappa shape index (κ3) is 3.71. The molecule has 0 spiro atoms. The van der Waals surface area contributed by atoms with E-state index in [-0.39, 0.29) is 45.7 Å². The SMILES string of the molecule is C[C@H]1CCN1c1nc(N2C[C@@H]3C(CS(=O)(=O)c4nc5ccccc5s4)[C@@H]3C2)cc(C(F)(F)F)n1. The van der Waals surface area contributed by atoms with E-state index >= 15 is 0 Å². The minimum atomic E-state index is -4.56. The summed E-state index contributed by atoms with van der Waals surface area (Å²) in [6.07, 6.45) is -3.66. The molecule has 180 valence electrons. The quantitative estimate of drug-likeness (QED) is 0.517. The molecule has 12 heteroatoms. The Hall–Kier alpha value is -2.47. The zero-order chi connectivity index (χ0) is 23.8. The Morgan fingerprint density at radius 3 is 2.47 bits per heavy atom. The van der Waals surface area contributed by atoms with Gasteiger partial charge in [-0.15, -0.1) is 11.3 Å². The number of para-hydroxylation sites is 1. The first-order valence-electron chi connectivity index (χ1n) is 11.2. The van der Waals surface area contributed by atoms with Crippen molar-refractivity contribution in [3.05, 3.63) is 36.0 Å². The minimum Gasteiger partial charge on any atom is -0.356 e. The van der Waals surface area contributed by atoms with Gasteiger partial charge >= 0.3 is 6.18 Å². The van der Waals surface area contributed by atoms with E-state index in [0.29, 0.717) is 25.2 Å². The summed E-state index contributed by atoms with van der Waals surface area (Å²) < 4.78 is 67.4. The Labute approximate surface area is 198 Å². The highest BCUT2D eigenvalue weighted by molar-refractivity contribution is 7.93. The maximum Gasteiger partial charge on any atom is 0.433 e. The van der Waals surface area contributed by atoms with Crippen molar-refractivity contribution in [1.82, 2.24) is 15.0 Å². The van der Waals surface area contributed by atoms with Crippen LogP contribution in [-0.4, -0.2) is 54.8 Å². The standard InChI is InChI=1S/C22H22F3N5O2S2/c1-12-6-7-30(12)20-27-18(22(23,24)25)8-19(28-20)29-9-13-14(10-29)15(13)11-34(31,32)21-26-16-4-2-3-5-17(16)33-21/h2-5,8,12-15H,6-7,9-11H2,1H3/t12-,13-,14+,15?/m0/s1. The van der Waals surface area contributed by atoms with Gasteiger partial charge in [0.25, 0.3) is 0 Å². The van der Waals surface area contributed by atoms with E-state index < -0.39 is 21.7 Å². The zero-order valence-corrected chi connectivity index (χ0v) is 19.9. The summed E-state index contributed by atoms with van der Waals surface area (Å²) in [6.45, 7) is 3.56. The lowest BCUT2D eigenvalue weighted by Gasteiger charge is -2.39. The molecule has 4 heterocycles. The van der Waals surface area contributed by atoms with E-state index in [9.17, 15) is 21.6 Å². The molecule has 6 rings (SSSR count). The Morgan fingerprint density at radius 1 is 1.12 bits per heavy atom. The fraction of sp³-hybridized carbons (Fsp3) is 0.500. The third-order valence-corrected chi connectivity index (χ3v) is 10.5. The number of alkyl halides is 3. The van der Waals surface area contributed by atoms with Crippen LogP contribution in [-0.2, 0) is 16.0 Å². The molecule has 0 amide bonds. The number of anilines is 2. The zero-order valence-electron chi connectivity index (χ0n) is 18.2. The summed E-state index contributed by atoms with van der Waals surface area (Å²) in [5, 5.41) is 0. The van der Waals surface area contributed by atoms with Crippen LogP contribution in [0.4, 0.5) is 24.9 Å². The maximum absolute atomic E-state index is 13.5. The fourth-order valence-electron chi connectivity index (χ4n) is 5.06. The van der Waals surface area contributed by atoms with Gasteiger partial charge in [0.15, 0.2) is 5.69 Å². The summed E-state index contributed by atoms with van der Waals surface area (Å²) in [5.74, 6) is 0.631. The highest BCUT2D eigenvalue weighted by Gasteiger charge is 2.57. The average Bonchev–Trinajstić information content (AvgIpc) is 3.15. The van der Waals surface area contributed by atoms with E-state index in [1.54, 1.807) is 11.0 Å². The minimum absolute atomic E-state index is 0.00735. The number of aromatic nitrogens is 3. The van der Waals surface area contributed by atoms with Crippen LogP contribution in [0, 0.1) is 17.8 Å². The molecule has 1 saturated carbocycles. The molecule has 2 saturated heterocycles. The molecule has 2 aromatic heterocycles. The lowest BCUT2D eigenvalue weighted by Crippen LogP contribution is -2.47. The van der Waals surface area contributed by atoms with Crippen molar-refractivity contribution in [3.8, 4) is 0 Å². The van der Waals surface area contributed by atoms with Crippen molar-refractivity contribution in [2.75, 3.05) is 35.2 Å². The molecular weight excluding hydrogens is 487 g/mol. The predicted molar refractivity (Wildman–Crippen MR) is 123 cm³/mol. The third-order valence-electron chi connectivity index (χ3n) is 7.22. The second-order valence-electron chi connectivity index (χ2n) is 9.37. The molecule has 0 radical (unpaired) electrons. The second kappa shape index (κ2) is 7.51. The Bertz CT molecular complexity index is 1330. The van der Waals surface area contributed by atoms with E-state index in [2.05, 4.69) is 15.0 Å². The average molecular weight is 510 g/mol. The van der Waals surface area contributed by atoms with Crippen LogP contribution in [0.3, 0.4) is 0 Å². The first-order chi connectivity index (χ1) is 16.1. The first-order valence-corrected chi connectivity index (χ1v) is 13.6. The van der Waals surface area contributed by atoms with Gasteiger partial charge in [-0.25, -0.2) is 18.4 Å². The number of hydrogen-bond acceptors (Lipinski definition) is 8. The highest BCUT2D eigenvalue weighted by atomic mass is 32.2. The van der Waals surface area contributed by atoms with Crippen LogP contribution in [0.15, 0.2) is 34.7 Å². The molecule has 34 heavy (non-hydrogen) atoms. The Morgan fingerprint density at radius 2 is 1.85 bits per heavy atom. The smallest absolute Gasteiger partial charge is 0.356 e. The van der Waals surface area contributed by atoms with E-state index in [1.807, 2.05) is 30.0 Å². The number of sulfone groups is 1. The number of nitrogens with zero attached hydrogens (tertiary/aromatic N) is 5. The van der Waals surface area contributed by atoms with Crippen molar-refractivity contribution >= 4 is 43.2 Å². The number of halogens is 3. The molecule has 0 N–H and O–H groups in total. The summed E-state index contributed by atoms with van der Waals surface area (Å²) in [5.41, 5.74) is -0.271. The molecule has 2 aliphatic heterocycles. The van der Waals surface area contributed by atoms with Crippen molar-refractivity contribution in [2.24, 2.45) is 17.8 Å². The topological polar surface area (TPSA) is 79.3 Å². The molecular formula is C22H22F3N5O2S2. The van der Waals surface area contributed by atoms with Gasteiger partial charge in [-0.1, -0.05) is 12.1 Å². The number of benzene rings is 1. The molecule has 3 aromatic rings. The van der Waals surface area contributed by atoms with Crippen LogP contribution in [0.1, 0.15) is 19.0 Å². The van der Waals surface area contributed by atoms with Gasteiger partial charge in [0, 0.05) is 31.7 Å². The highest BCUT2D eigenvalue weighted by Crippen LogP contribution is 2.53. The lowest BCUT2D eigenvalue weighted by molar-refractivity contribution is -0.141. The number of hydrogen-bond donors (Lipinski definition) is 0. The molecule has 1 aromatic carbocycles. The first kappa shape index (κ1) is 22.0. The number of fused-ring (bicyclic) bond motifs is 2. The summed E-state index contributed by atoms with van der Waals surface area (Å²) in [7, 11) is -3.52. The van der Waals surface area contributed by atoms with Gasteiger partial charge in [-0.2, -0.15) is 18.2 Å². The molecule has 0 bridgehead atoms. The Kier molecular flexibility index (Phi) is 4.87. The number of piperidine rings is 1. The van der Waals surface area contributed by atoms with Crippen molar-refractivity contribution in [3.63, 3.8) is 0 Å². The summed E-state index contributed by atoms with van der Waals surface area (Å²) >= 11 is 1.18. The molecule has 4 atom stereocenters.